The third-order valence-electron chi connectivity index (χ3n) is 6.85. The van der Waals surface area contributed by atoms with E-state index < -0.39 is 23.5 Å². The van der Waals surface area contributed by atoms with E-state index in [1.165, 1.54) is 4.90 Å². The van der Waals surface area contributed by atoms with Crippen LogP contribution in [0.1, 0.15) is 24.8 Å². The fraction of sp³-hybridized carbons (Fsp3) is 0.400. The summed E-state index contributed by atoms with van der Waals surface area (Å²) in [5.41, 5.74) is 1.15. The zero-order chi connectivity index (χ0) is 23.7. The molecule has 2 aliphatic heterocycles. The Hall–Kier alpha value is -3.46. The highest BCUT2D eigenvalue weighted by atomic mass is 19.1. The summed E-state index contributed by atoms with van der Waals surface area (Å²) < 4.78 is 25.7. The lowest BCUT2D eigenvalue weighted by Gasteiger charge is -2.40. The number of alkyl halides is 1. The number of benzene rings is 2. The van der Waals surface area contributed by atoms with Gasteiger partial charge in [0.2, 0.25) is 11.8 Å². The third-order valence-corrected chi connectivity index (χ3v) is 6.85. The summed E-state index contributed by atoms with van der Waals surface area (Å²) in [5.74, 6) is -0.0123. The molecule has 1 aromatic heterocycles. The number of likely N-dealkylation sites (tertiary alicyclic amines) is 1. The lowest BCUT2D eigenvalue weighted by Crippen LogP contribution is -2.55. The van der Waals surface area contributed by atoms with E-state index in [4.69, 9.17) is 9.47 Å². The molecule has 178 valence electrons. The maximum Gasteiger partial charge on any atom is 0.247 e. The zero-order valence-corrected chi connectivity index (χ0v) is 18.9. The van der Waals surface area contributed by atoms with E-state index in [1.807, 2.05) is 18.2 Å². The van der Waals surface area contributed by atoms with Gasteiger partial charge in [0.25, 0.3) is 0 Å². The first-order chi connectivity index (χ1) is 16.5. The Morgan fingerprint density at radius 3 is 2.82 bits per heavy atom. The number of hydrogen-bond donors (Lipinski definition) is 2. The van der Waals surface area contributed by atoms with Gasteiger partial charge in [0.1, 0.15) is 18.0 Å². The van der Waals surface area contributed by atoms with Crippen LogP contribution in [0.3, 0.4) is 0 Å². The van der Waals surface area contributed by atoms with Crippen molar-refractivity contribution in [2.24, 2.45) is 0 Å². The lowest BCUT2D eigenvalue weighted by atomic mass is 9.74. The molecule has 3 atom stereocenters. The Morgan fingerprint density at radius 2 is 2.09 bits per heavy atom. The summed E-state index contributed by atoms with van der Waals surface area (Å²) in [5, 5.41) is 10.5. The van der Waals surface area contributed by atoms with Crippen molar-refractivity contribution in [3.63, 3.8) is 0 Å². The van der Waals surface area contributed by atoms with E-state index >= 15 is 0 Å². The molecular weight excluding hydrogens is 439 g/mol. The quantitative estimate of drug-likeness (QED) is 0.602. The number of fused-ring (bicyclic) bond motifs is 1. The first-order valence-electron chi connectivity index (χ1n) is 11.4. The van der Waals surface area contributed by atoms with Gasteiger partial charge in [-0.1, -0.05) is 18.2 Å². The minimum absolute atomic E-state index is 0.0432. The van der Waals surface area contributed by atoms with E-state index in [9.17, 15) is 14.0 Å². The molecule has 2 aromatic carbocycles. The van der Waals surface area contributed by atoms with Gasteiger partial charge >= 0.3 is 0 Å². The van der Waals surface area contributed by atoms with Crippen LogP contribution >= 0.6 is 0 Å². The van der Waals surface area contributed by atoms with Gasteiger partial charge in [-0.15, -0.1) is 0 Å². The molecule has 2 fully saturated rings. The number of aromatic amines is 1. The SMILES string of the molecule is COc1ccc(C2(C(=O)N3C[C@H](F)C[C@@H]3C(=O)Nc3cccc4[nH]ncc34)CCCOC2)cc1. The second-order valence-corrected chi connectivity index (χ2v) is 8.90. The van der Waals surface area contributed by atoms with E-state index in [0.717, 1.165) is 16.5 Å². The van der Waals surface area contributed by atoms with Gasteiger partial charge in [0.15, 0.2) is 0 Å². The van der Waals surface area contributed by atoms with Crippen molar-refractivity contribution in [1.82, 2.24) is 15.1 Å². The number of anilines is 1. The van der Waals surface area contributed by atoms with E-state index in [2.05, 4.69) is 15.5 Å². The van der Waals surface area contributed by atoms with Crippen molar-refractivity contribution in [2.45, 2.75) is 36.9 Å². The Morgan fingerprint density at radius 1 is 1.26 bits per heavy atom. The zero-order valence-electron chi connectivity index (χ0n) is 18.9. The van der Waals surface area contributed by atoms with Gasteiger partial charge in [0, 0.05) is 18.4 Å². The molecule has 0 radical (unpaired) electrons. The molecule has 8 nitrogen and oxygen atoms in total. The number of hydrogen-bond acceptors (Lipinski definition) is 5. The Bertz CT molecular complexity index is 1190. The van der Waals surface area contributed by atoms with Crippen LogP contribution < -0.4 is 10.1 Å². The van der Waals surface area contributed by atoms with Crippen LogP contribution in [0.15, 0.2) is 48.7 Å². The number of rotatable bonds is 5. The number of methoxy groups -OCH3 is 1. The number of halogens is 1. The van der Waals surface area contributed by atoms with E-state index in [0.29, 0.717) is 30.9 Å². The van der Waals surface area contributed by atoms with Crippen LogP contribution in [0.25, 0.3) is 10.9 Å². The standard InChI is InChI=1S/C25H27FN4O4/c1-33-18-8-6-16(7-9-18)25(10-3-11-34-15-25)24(32)30-14-17(26)12-22(30)23(31)28-20-4-2-5-21-19(20)13-27-29-21/h2,4-9,13,17,22H,3,10-12,14-15H2,1H3,(H,27,29)(H,28,31)/t17-,22-,25?/m1/s1. The molecule has 3 aromatic rings. The van der Waals surface area contributed by atoms with Crippen molar-refractivity contribution in [1.29, 1.82) is 0 Å². The van der Waals surface area contributed by atoms with Gasteiger partial charge < -0.3 is 19.7 Å². The number of nitrogens with one attached hydrogen (secondary N) is 2. The van der Waals surface area contributed by atoms with Crippen molar-refractivity contribution in [3.05, 3.63) is 54.2 Å². The molecule has 2 saturated heterocycles. The number of nitrogens with zero attached hydrogens (tertiary/aromatic N) is 2. The van der Waals surface area contributed by atoms with Crippen molar-refractivity contribution < 1.29 is 23.5 Å². The maximum absolute atomic E-state index is 14.6. The second-order valence-electron chi connectivity index (χ2n) is 8.90. The first kappa shape index (κ1) is 22.3. The predicted molar refractivity (Wildman–Crippen MR) is 124 cm³/mol. The number of amides is 2. The minimum Gasteiger partial charge on any atom is -0.497 e. The first-order valence-corrected chi connectivity index (χ1v) is 11.4. The summed E-state index contributed by atoms with van der Waals surface area (Å²) in [6, 6.07) is 11.8. The number of carbonyl (C=O) groups is 2. The molecule has 0 spiro atoms. The Balaban J connectivity index is 1.44. The summed E-state index contributed by atoms with van der Waals surface area (Å²) >= 11 is 0. The monoisotopic (exact) mass is 466 g/mol. The normalized spacial score (nSPS) is 24.8. The summed E-state index contributed by atoms with van der Waals surface area (Å²) in [7, 11) is 1.58. The number of aromatic nitrogens is 2. The van der Waals surface area contributed by atoms with E-state index in [1.54, 1.807) is 37.6 Å². The molecule has 2 aliphatic rings. The van der Waals surface area contributed by atoms with Crippen LogP contribution in [0.2, 0.25) is 0 Å². The molecule has 3 heterocycles. The molecule has 34 heavy (non-hydrogen) atoms. The molecule has 0 bridgehead atoms. The molecule has 2 amide bonds. The van der Waals surface area contributed by atoms with Gasteiger partial charge in [-0.05, 0) is 42.7 Å². The average molecular weight is 467 g/mol. The van der Waals surface area contributed by atoms with Crippen LogP contribution in [0.4, 0.5) is 10.1 Å². The molecule has 1 unspecified atom stereocenters. The van der Waals surface area contributed by atoms with Gasteiger partial charge in [0.05, 0.1) is 43.1 Å². The van der Waals surface area contributed by atoms with Crippen LogP contribution in [0, 0.1) is 0 Å². The van der Waals surface area contributed by atoms with Crippen LogP contribution in [0.5, 0.6) is 5.75 Å². The number of H-pyrrole nitrogens is 1. The Labute approximate surface area is 196 Å². The van der Waals surface area contributed by atoms with Crippen molar-refractivity contribution in [2.75, 3.05) is 32.2 Å². The molecule has 2 N–H and O–H groups in total. The summed E-state index contributed by atoms with van der Waals surface area (Å²) in [6.45, 7) is 0.633. The predicted octanol–water partition coefficient (Wildman–Crippen LogP) is 3.20. The highest BCUT2D eigenvalue weighted by Crippen LogP contribution is 2.38. The van der Waals surface area contributed by atoms with Gasteiger partial charge in [-0.3, -0.25) is 14.7 Å². The molecule has 0 saturated carbocycles. The van der Waals surface area contributed by atoms with Crippen LogP contribution in [-0.2, 0) is 19.7 Å². The summed E-state index contributed by atoms with van der Waals surface area (Å²) in [6.07, 6.45) is 1.57. The highest BCUT2D eigenvalue weighted by molar-refractivity contribution is 6.04. The molecular formula is C25H27FN4O4. The molecule has 0 aliphatic carbocycles. The fourth-order valence-corrected chi connectivity index (χ4v) is 5.05. The van der Waals surface area contributed by atoms with Crippen LogP contribution in [-0.4, -0.2) is 66.0 Å². The second kappa shape index (κ2) is 9.06. The average Bonchev–Trinajstić information content (AvgIpc) is 3.51. The lowest BCUT2D eigenvalue weighted by molar-refractivity contribution is -0.146. The number of carbonyl (C=O) groups excluding carboxylic acids is 2. The molecule has 5 rings (SSSR count). The third kappa shape index (κ3) is 3.90. The maximum atomic E-state index is 14.6. The largest absolute Gasteiger partial charge is 0.497 e. The molecule has 9 heteroatoms. The van der Waals surface area contributed by atoms with Gasteiger partial charge in [-0.2, -0.15) is 5.10 Å². The topological polar surface area (TPSA) is 96.6 Å². The fourth-order valence-electron chi connectivity index (χ4n) is 5.05. The minimum atomic E-state index is -1.28. The van der Waals surface area contributed by atoms with Crippen molar-refractivity contribution in [3.8, 4) is 5.75 Å². The highest BCUT2D eigenvalue weighted by Gasteiger charge is 2.50. The van der Waals surface area contributed by atoms with E-state index in [-0.39, 0.29) is 25.5 Å². The smallest absolute Gasteiger partial charge is 0.247 e. The Kier molecular flexibility index (Phi) is 5.95. The summed E-state index contributed by atoms with van der Waals surface area (Å²) in [4.78, 5) is 28.7. The number of ether oxygens (including phenoxy) is 2. The van der Waals surface area contributed by atoms with Crippen molar-refractivity contribution >= 4 is 28.4 Å². The van der Waals surface area contributed by atoms with Gasteiger partial charge in [-0.25, -0.2) is 4.39 Å².